The Labute approximate surface area is 132 Å². The van der Waals surface area contributed by atoms with Crippen LogP contribution in [0.2, 0.25) is 0 Å². The third-order valence-electron chi connectivity index (χ3n) is 3.47. The summed E-state index contributed by atoms with van der Waals surface area (Å²) in [5.41, 5.74) is -0.206. The third kappa shape index (κ3) is 5.06. The van der Waals surface area contributed by atoms with Gasteiger partial charge in [0.1, 0.15) is 5.75 Å². The number of anilines is 1. The first-order valence-corrected chi connectivity index (χ1v) is 6.71. The van der Waals surface area contributed by atoms with Crippen molar-refractivity contribution in [3.8, 4) is 5.75 Å². The van der Waals surface area contributed by atoms with Crippen molar-refractivity contribution in [1.82, 2.24) is 5.32 Å². The molecule has 1 atom stereocenters. The van der Waals surface area contributed by atoms with Gasteiger partial charge in [-0.2, -0.15) is 0 Å². The fourth-order valence-corrected chi connectivity index (χ4v) is 2.26. The van der Waals surface area contributed by atoms with Gasteiger partial charge in [-0.1, -0.05) is 0 Å². The highest BCUT2D eigenvalue weighted by molar-refractivity contribution is 5.97. The molecule has 1 aromatic carbocycles. The lowest BCUT2D eigenvalue weighted by atomic mass is 9.90. The molecule has 0 aliphatic carbocycles. The van der Waals surface area contributed by atoms with Crippen molar-refractivity contribution in [2.75, 3.05) is 11.9 Å². The second-order valence-corrected chi connectivity index (χ2v) is 5.24. The molecule has 0 saturated carbocycles. The highest BCUT2D eigenvalue weighted by Gasteiger charge is 2.34. The van der Waals surface area contributed by atoms with Crippen LogP contribution in [-0.2, 0) is 4.79 Å². The zero-order valence-electron chi connectivity index (χ0n) is 12.0. The Balaban J connectivity index is 0.00000242. The average molecular weight is 339 g/mol. The van der Waals surface area contributed by atoms with E-state index in [9.17, 15) is 18.0 Å². The molecular weight excluding hydrogens is 321 g/mol. The van der Waals surface area contributed by atoms with Gasteiger partial charge in [0.15, 0.2) is 0 Å². The topological polar surface area (TPSA) is 50.4 Å². The van der Waals surface area contributed by atoms with Gasteiger partial charge in [-0.3, -0.25) is 4.79 Å². The van der Waals surface area contributed by atoms with Crippen molar-refractivity contribution >= 4 is 24.0 Å². The van der Waals surface area contributed by atoms with E-state index in [1.165, 1.54) is 24.3 Å². The molecule has 1 saturated heterocycles. The predicted molar refractivity (Wildman–Crippen MR) is 79.3 cm³/mol. The molecule has 124 valence electrons. The van der Waals surface area contributed by atoms with Crippen LogP contribution in [0.1, 0.15) is 26.2 Å². The molecule has 1 heterocycles. The second-order valence-electron chi connectivity index (χ2n) is 5.24. The number of nitrogens with one attached hydrogen (secondary N) is 2. The lowest BCUT2D eigenvalue weighted by Crippen LogP contribution is -2.54. The quantitative estimate of drug-likeness (QED) is 0.887. The Morgan fingerprint density at radius 2 is 1.91 bits per heavy atom. The summed E-state index contributed by atoms with van der Waals surface area (Å²) in [6.07, 6.45) is -1.99. The summed E-state index contributed by atoms with van der Waals surface area (Å²) >= 11 is 0. The number of carbonyl (C=O) groups is 1. The Bertz CT molecular complexity index is 500. The average Bonchev–Trinajstić information content (AvgIpc) is 2.40. The maximum absolute atomic E-state index is 12.2. The maximum Gasteiger partial charge on any atom is 0.573 e. The van der Waals surface area contributed by atoms with Crippen molar-refractivity contribution in [2.24, 2.45) is 0 Å². The molecule has 2 rings (SSSR count). The summed E-state index contributed by atoms with van der Waals surface area (Å²) in [5, 5.41) is 5.88. The van der Waals surface area contributed by atoms with Crippen molar-refractivity contribution in [3.05, 3.63) is 24.3 Å². The van der Waals surface area contributed by atoms with E-state index in [2.05, 4.69) is 15.4 Å². The third-order valence-corrected chi connectivity index (χ3v) is 3.47. The fraction of sp³-hybridized carbons (Fsp3) is 0.500. The van der Waals surface area contributed by atoms with Crippen LogP contribution >= 0.6 is 12.4 Å². The number of piperidine rings is 1. The van der Waals surface area contributed by atoms with E-state index < -0.39 is 11.9 Å². The minimum absolute atomic E-state index is 0. The number of carbonyl (C=O) groups excluding carboxylic acids is 1. The molecule has 0 aromatic heterocycles. The number of rotatable bonds is 3. The van der Waals surface area contributed by atoms with Gasteiger partial charge in [-0.05, 0) is 57.0 Å². The molecule has 8 heteroatoms. The lowest BCUT2D eigenvalue weighted by molar-refractivity contribution is -0.274. The standard InChI is InChI=1S/C14H17F3N2O2.ClH/c1-13(8-2-3-9-18-13)12(20)19-10-4-6-11(7-5-10)21-14(15,16)17;/h4-7,18H,2-3,8-9H2,1H3,(H,19,20);1H. The summed E-state index contributed by atoms with van der Waals surface area (Å²) in [7, 11) is 0. The summed E-state index contributed by atoms with van der Waals surface area (Å²) < 4.78 is 39.9. The molecule has 1 unspecified atom stereocenters. The van der Waals surface area contributed by atoms with Gasteiger partial charge < -0.3 is 15.4 Å². The van der Waals surface area contributed by atoms with Crippen LogP contribution in [-0.4, -0.2) is 24.4 Å². The first-order valence-electron chi connectivity index (χ1n) is 6.71. The summed E-state index contributed by atoms with van der Waals surface area (Å²) in [6.45, 7) is 2.60. The minimum Gasteiger partial charge on any atom is -0.406 e. The normalized spacial score (nSPS) is 21.6. The van der Waals surface area contributed by atoms with Gasteiger partial charge in [0.2, 0.25) is 5.91 Å². The van der Waals surface area contributed by atoms with Crippen LogP contribution in [0.5, 0.6) is 5.75 Å². The molecule has 1 aliphatic rings. The van der Waals surface area contributed by atoms with Crippen LogP contribution in [0, 0.1) is 0 Å². The van der Waals surface area contributed by atoms with E-state index in [4.69, 9.17) is 0 Å². The number of alkyl halides is 3. The van der Waals surface area contributed by atoms with Gasteiger partial charge in [0, 0.05) is 5.69 Å². The highest BCUT2D eigenvalue weighted by Crippen LogP contribution is 2.25. The lowest BCUT2D eigenvalue weighted by Gasteiger charge is -2.33. The number of benzene rings is 1. The Kier molecular flexibility index (Phi) is 6.08. The number of hydrogen-bond donors (Lipinski definition) is 2. The van der Waals surface area contributed by atoms with Crippen LogP contribution in [0.25, 0.3) is 0 Å². The molecule has 1 aliphatic heterocycles. The molecule has 0 bridgehead atoms. The summed E-state index contributed by atoms with van der Waals surface area (Å²) in [5.74, 6) is -0.505. The van der Waals surface area contributed by atoms with E-state index in [0.29, 0.717) is 5.69 Å². The molecular formula is C14H18ClF3N2O2. The smallest absolute Gasteiger partial charge is 0.406 e. The fourth-order valence-electron chi connectivity index (χ4n) is 2.26. The van der Waals surface area contributed by atoms with Crippen LogP contribution in [0.3, 0.4) is 0 Å². The minimum atomic E-state index is -4.72. The molecule has 22 heavy (non-hydrogen) atoms. The van der Waals surface area contributed by atoms with E-state index in [1.807, 2.05) is 6.92 Å². The predicted octanol–water partition coefficient (Wildman–Crippen LogP) is 3.48. The monoisotopic (exact) mass is 338 g/mol. The largest absolute Gasteiger partial charge is 0.573 e. The zero-order chi connectivity index (χ0) is 15.5. The highest BCUT2D eigenvalue weighted by atomic mass is 35.5. The van der Waals surface area contributed by atoms with Crippen molar-refractivity contribution in [3.63, 3.8) is 0 Å². The van der Waals surface area contributed by atoms with E-state index in [-0.39, 0.29) is 24.1 Å². The van der Waals surface area contributed by atoms with Gasteiger partial charge in [0.25, 0.3) is 0 Å². The Hall–Kier alpha value is -1.47. The molecule has 1 fully saturated rings. The van der Waals surface area contributed by atoms with Crippen molar-refractivity contribution in [2.45, 2.75) is 38.1 Å². The number of halogens is 4. The number of ether oxygens (including phenoxy) is 1. The second kappa shape index (κ2) is 7.19. The van der Waals surface area contributed by atoms with Crippen LogP contribution in [0.15, 0.2) is 24.3 Å². The van der Waals surface area contributed by atoms with Gasteiger partial charge >= 0.3 is 6.36 Å². The summed E-state index contributed by atoms with van der Waals surface area (Å²) in [4.78, 5) is 12.2. The first kappa shape index (κ1) is 18.6. The van der Waals surface area contributed by atoms with Gasteiger partial charge in [-0.25, -0.2) is 0 Å². The molecule has 1 aromatic rings. The molecule has 0 spiro atoms. The van der Waals surface area contributed by atoms with E-state index in [1.54, 1.807) is 0 Å². The van der Waals surface area contributed by atoms with Gasteiger partial charge in [-0.15, -0.1) is 25.6 Å². The zero-order valence-corrected chi connectivity index (χ0v) is 12.8. The molecule has 2 N–H and O–H groups in total. The Morgan fingerprint density at radius 1 is 1.27 bits per heavy atom. The van der Waals surface area contributed by atoms with E-state index >= 15 is 0 Å². The van der Waals surface area contributed by atoms with Crippen molar-refractivity contribution < 1.29 is 22.7 Å². The molecule has 4 nitrogen and oxygen atoms in total. The van der Waals surface area contributed by atoms with E-state index in [0.717, 1.165) is 25.8 Å². The first-order chi connectivity index (χ1) is 9.78. The van der Waals surface area contributed by atoms with Gasteiger partial charge in [0.05, 0.1) is 5.54 Å². The maximum atomic E-state index is 12.2. The van der Waals surface area contributed by atoms with Crippen molar-refractivity contribution in [1.29, 1.82) is 0 Å². The Morgan fingerprint density at radius 3 is 2.41 bits per heavy atom. The van der Waals surface area contributed by atoms with Crippen LogP contribution < -0.4 is 15.4 Å². The number of hydrogen-bond acceptors (Lipinski definition) is 3. The molecule has 1 amide bonds. The number of amides is 1. The SMILES string of the molecule is CC1(C(=O)Nc2ccc(OC(F)(F)F)cc2)CCCCN1.Cl. The molecule has 0 radical (unpaired) electrons. The summed E-state index contributed by atoms with van der Waals surface area (Å²) in [6, 6.07) is 5.09. The van der Waals surface area contributed by atoms with Crippen LogP contribution in [0.4, 0.5) is 18.9 Å².